The molecule has 3 aliphatic carbocycles. The summed E-state index contributed by atoms with van der Waals surface area (Å²) >= 11 is 6.11. The van der Waals surface area contributed by atoms with Gasteiger partial charge < -0.3 is 0 Å². The minimum absolute atomic E-state index is 0.0774. The number of rotatable bonds is 1. The van der Waals surface area contributed by atoms with E-state index in [4.69, 9.17) is 11.6 Å². The third-order valence-electron chi connectivity index (χ3n) is 6.85. The van der Waals surface area contributed by atoms with Gasteiger partial charge in [0.15, 0.2) is 0 Å². The standard InChI is InChI=1S/C25H18ClNO2/c1-13-12-14(26)10-11-19(13)27-24(28)22-20-15-6-2-3-7-16(15)21(23(22)25(27)29)18-9-5-4-8-17(18)20/h2-12,20-23H,1H3/t20?,21?,22-,23+. The lowest BCUT2D eigenvalue weighted by Crippen LogP contribution is -2.41. The molecule has 0 spiro atoms. The predicted octanol–water partition coefficient (Wildman–Crippen LogP) is 5.05. The SMILES string of the molecule is Cc1cc(Cl)ccc1N1C(=O)[C@@H]2C3c4ccccc4C(c4ccccc43)[C@@H]2C1=O. The van der Waals surface area contributed by atoms with E-state index in [0.717, 1.165) is 5.56 Å². The van der Waals surface area contributed by atoms with Crippen LogP contribution in [-0.4, -0.2) is 11.8 Å². The van der Waals surface area contributed by atoms with Crippen LogP contribution in [0, 0.1) is 18.8 Å². The van der Waals surface area contributed by atoms with E-state index < -0.39 is 0 Å². The molecule has 0 saturated carbocycles. The zero-order valence-corrected chi connectivity index (χ0v) is 16.6. The fourth-order valence-corrected chi connectivity index (χ4v) is 6.01. The Balaban J connectivity index is 1.57. The average Bonchev–Trinajstić information content (AvgIpc) is 2.99. The van der Waals surface area contributed by atoms with Gasteiger partial charge in [-0.3, -0.25) is 9.59 Å². The molecule has 2 amide bonds. The van der Waals surface area contributed by atoms with Crippen molar-refractivity contribution in [3.05, 3.63) is 99.6 Å². The van der Waals surface area contributed by atoms with Crippen LogP contribution in [0.3, 0.4) is 0 Å². The first kappa shape index (κ1) is 17.0. The number of hydrogen-bond acceptors (Lipinski definition) is 2. The third-order valence-corrected chi connectivity index (χ3v) is 7.08. The second-order valence-electron chi connectivity index (χ2n) is 8.21. The Morgan fingerprint density at radius 2 is 1.17 bits per heavy atom. The Morgan fingerprint density at radius 1 is 0.724 bits per heavy atom. The monoisotopic (exact) mass is 399 g/mol. The number of amides is 2. The summed E-state index contributed by atoms with van der Waals surface area (Å²) in [7, 11) is 0. The molecule has 1 fully saturated rings. The second-order valence-corrected chi connectivity index (χ2v) is 8.64. The Bertz CT molecular complexity index is 1100. The third kappa shape index (κ3) is 2.09. The second kappa shape index (κ2) is 5.80. The highest BCUT2D eigenvalue weighted by atomic mass is 35.5. The van der Waals surface area contributed by atoms with Crippen molar-refractivity contribution in [2.24, 2.45) is 11.8 Å². The van der Waals surface area contributed by atoms with E-state index >= 15 is 0 Å². The fourth-order valence-electron chi connectivity index (χ4n) is 5.78. The molecule has 0 aromatic heterocycles. The first-order valence-electron chi connectivity index (χ1n) is 9.89. The van der Waals surface area contributed by atoms with Crippen LogP contribution in [0.4, 0.5) is 5.69 Å². The molecule has 7 rings (SSSR count). The number of hydrogen-bond donors (Lipinski definition) is 0. The van der Waals surface area contributed by atoms with Gasteiger partial charge in [0.1, 0.15) is 0 Å². The minimum atomic E-state index is -0.354. The molecule has 142 valence electrons. The van der Waals surface area contributed by atoms with Crippen LogP contribution in [0.15, 0.2) is 66.7 Å². The van der Waals surface area contributed by atoms with Crippen molar-refractivity contribution in [2.75, 3.05) is 4.90 Å². The summed E-state index contributed by atoms with van der Waals surface area (Å²) < 4.78 is 0. The number of carbonyl (C=O) groups excluding carboxylic acids is 2. The molecular weight excluding hydrogens is 382 g/mol. The van der Waals surface area contributed by atoms with Gasteiger partial charge in [-0.25, -0.2) is 4.90 Å². The van der Waals surface area contributed by atoms with Gasteiger partial charge in [-0.05, 0) is 52.9 Å². The van der Waals surface area contributed by atoms with Gasteiger partial charge in [0.05, 0.1) is 17.5 Å². The molecule has 1 saturated heterocycles. The molecule has 4 heteroatoms. The van der Waals surface area contributed by atoms with E-state index in [1.807, 2.05) is 31.2 Å². The van der Waals surface area contributed by atoms with E-state index in [2.05, 4.69) is 24.3 Å². The van der Waals surface area contributed by atoms with Crippen molar-refractivity contribution in [3.63, 3.8) is 0 Å². The van der Waals surface area contributed by atoms with Gasteiger partial charge in [-0.2, -0.15) is 0 Å². The Labute approximate surface area is 173 Å². The van der Waals surface area contributed by atoms with Crippen LogP contribution in [-0.2, 0) is 9.59 Å². The molecule has 4 aliphatic rings. The first-order valence-corrected chi connectivity index (χ1v) is 10.3. The van der Waals surface area contributed by atoms with Gasteiger partial charge in [0.2, 0.25) is 11.8 Å². The number of halogens is 1. The van der Waals surface area contributed by atoms with E-state index in [1.165, 1.54) is 27.2 Å². The highest BCUT2D eigenvalue weighted by molar-refractivity contribution is 6.31. The maximum absolute atomic E-state index is 13.7. The van der Waals surface area contributed by atoms with E-state index in [1.54, 1.807) is 18.2 Å². The minimum Gasteiger partial charge on any atom is -0.274 e. The highest BCUT2D eigenvalue weighted by Crippen LogP contribution is 2.61. The number of imide groups is 1. The molecule has 0 N–H and O–H groups in total. The van der Waals surface area contributed by atoms with Crippen LogP contribution in [0.5, 0.6) is 0 Å². The van der Waals surface area contributed by atoms with Crippen LogP contribution in [0.25, 0.3) is 0 Å². The zero-order valence-electron chi connectivity index (χ0n) is 15.8. The van der Waals surface area contributed by atoms with Gasteiger partial charge in [0, 0.05) is 16.9 Å². The molecule has 1 aliphatic heterocycles. The number of benzene rings is 3. The van der Waals surface area contributed by atoms with Crippen molar-refractivity contribution in [3.8, 4) is 0 Å². The zero-order chi connectivity index (χ0) is 19.9. The van der Waals surface area contributed by atoms with Crippen LogP contribution < -0.4 is 4.90 Å². The van der Waals surface area contributed by atoms with Gasteiger partial charge in [0.25, 0.3) is 0 Å². The fraction of sp³-hybridized carbons (Fsp3) is 0.200. The molecule has 3 aromatic rings. The maximum Gasteiger partial charge on any atom is 0.238 e. The predicted molar refractivity (Wildman–Crippen MR) is 112 cm³/mol. The number of aryl methyl sites for hydroxylation is 1. The number of anilines is 1. The summed E-state index contributed by atoms with van der Waals surface area (Å²) in [5.41, 5.74) is 6.23. The lowest BCUT2D eigenvalue weighted by molar-refractivity contribution is -0.122. The summed E-state index contributed by atoms with van der Waals surface area (Å²) in [6.45, 7) is 1.89. The number of carbonyl (C=O) groups is 2. The average molecular weight is 400 g/mol. The molecule has 0 radical (unpaired) electrons. The summed E-state index contributed by atoms with van der Waals surface area (Å²) in [6.07, 6.45) is 0. The summed E-state index contributed by atoms with van der Waals surface area (Å²) in [5, 5.41) is 0.600. The lowest BCUT2D eigenvalue weighted by atomic mass is 9.55. The van der Waals surface area contributed by atoms with Crippen LogP contribution in [0.2, 0.25) is 5.02 Å². The van der Waals surface area contributed by atoms with Crippen LogP contribution >= 0.6 is 11.6 Å². The summed E-state index contributed by atoms with van der Waals surface area (Å²) in [6, 6.07) is 21.9. The molecule has 2 atom stereocenters. The van der Waals surface area contributed by atoms with E-state index in [-0.39, 0.29) is 35.5 Å². The van der Waals surface area contributed by atoms with Gasteiger partial charge in [-0.15, -0.1) is 0 Å². The largest absolute Gasteiger partial charge is 0.274 e. The molecule has 3 aromatic carbocycles. The molecule has 29 heavy (non-hydrogen) atoms. The molecule has 2 bridgehead atoms. The quantitative estimate of drug-likeness (QED) is 0.537. The first-order chi connectivity index (χ1) is 14.1. The molecular formula is C25H18ClNO2. The van der Waals surface area contributed by atoms with Crippen molar-refractivity contribution in [1.29, 1.82) is 0 Å². The highest BCUT2D eigenvalue weighted by Gasteiger charge is 2.61. The summed E-state index contributed by atoms with van der Waals surface area (Å²) in [5.74, 6) is -1.05. The van der Waals surface area contributed by atoms with Crippen molar-refractivity contribution >= 4 is 29.1 Å². The van der Waals surface area contributed by atoms with E-state index in [9.17, 15) is 9.59 Å². The number of nitrogens with zero attached hydrogens (tertiary/aromatic N) is 1. The smallest absolute Gasteiger partial charge is 0.238 e. The van der Waals surface area contributed by atoms with Crippen LogP contribution in [0.1, 0.15) is 39.7 Å². The normalized spacial score (nSPS) is 26.3. The van der Waals surface area contributed by atoms with E-state index in [0.29, 0.717) is 10.7 Å². The van der Waals surface area contributed by atoms with Crippen molar-refractivity contribution in [1.82, 2.24) is 0 Å². The molecule has 0 unspecified atom stereocenters. The summed E-state index contributed by atoms with van der Waals surface area (Å²) in [4.78, 5) is 28.8. The van der Waals surface area contributed by atoms with Crippen molar-refractivity contribution in [2.45, 2.75) is 18.8 Å². The lowest BCUT2D eigenvalue weighted by Gasteiger charge is -2.45. The van der Waals surface area contributed by atoms with Gasteiger partial charge >= 0.3 is 0 Å². The Morgan fingerprint density at radius 3 is 1.59 bits per heavy atom. The van der Waals surface area contributed by atoms with Gasteiger partial charge in [-0.1, -0.05) is 60.1 Å². The Kier molecular flexibility index (Phi) is 3.40. The molecule has 1 heterocycles. The Hall–Kier alpha value is -2.91. The van der Waals surface area contributed by atoms with Crippen molar-refractivity contribution < 1.29 is 9.59 Å². The maximum atomic E-state index is 13.7. The topological polar surface area (TPSA) is 37.4 Å². The molecule has 3 nitrogen and oxygen atoms in total.